The van der Waals surface area contributed by atoms with Crippen LogP contribution in [0, 0.1) is 0 Å². The van der Waals surface area contributed by atoms with Gasteiger partial charge in [0.15, 0.2) is 0 Å². The van der Waals surface area contributed by atoms with E-state index in [0.717, 1.165) is 18.6 Å². The van der Waals surface area contributed by atoms with Gasteiger partial charge in [-0.15, -0.1) is 0 Å². The van der Waals surface area contributed by atoms with Crippen molar-refractivity contribution in [2.75, 3.05) is 7.11 Å². The van der Waals surface area contributed by atoms with Crippen LogP contribution in [0.1, 0.15) is 23.8 Å². The highest BCUT2D eigenvalue weighted by molar-refractivity contribution is 5.15. The normalized spacial score (nSPS) is 12.6. The first kappa shape index (κ1) is 11.0. The van der Waals surface area contributed by atoms with Crippen LogP contribution in [0.5, 0.6) is 0 Å². The van der Waals surface area contributed by atoms with Crippen molar-refractivity contribution >= 4 is 0 Å². The molecule has 0 spiro atoms. The molecule has 1 atom stereocenters. The van der Waals surface area contributed by atoms with Gasteiger partial charge in [0.2, 0.25) is 0 Å². The van der Waals surface area contributed by atoms with E-state index in [4.69, 9.17) is 9.15 Å². The first-order valence-corrected chi connectivity index (χ1v) is 5.50. The molecule has 0 saturated carbocycles. The second-order valence-corrected chi connectivity index (χ2v) is 3.76. The lowest BCUT2D eigenvalue weighted by molar-refractivity contribution is 0.0770. The zero-order valence-electron chi connectivity index (χ0n) is 9.43. The van der Waals surface area contributed by atoms with E-state index in [1.165, 1.54) is 5.56 Å². The van der Waals surface area contributed by atoms with Crippen molar-refractivity contribution in [1.82, 2.24) is 0 Å². The number of aryl methyl sites for hydroxylation is 1. The molecule has 0 bridgehead atoms. The monoisotopic (exact) mass is 216 g/mol. The van der Waals surface area contributed by atoms with Crippen molar-refractivity contribution < 1.29 is 9.15 Å². The molecule has 0 radical (unpaired) electrons. The van der Waals surface area contributed by atoms with Gasteiger partial charge in [-0.05, 0) is 30.5 Å². The van der Waals surface area contributed by atoms with Gasteiger partial charge in [0.05, 0.1) is 6.26 Å². The third kappa shape index (κ3) is 2.74. The zero-order chi connectivity index (χ0) is 11.2. The highest BCUT2D eigenvalue weighted by atomic mass is 16.5. The van der Waals surface area contributed by atoms with Crippen molar-refractivity contribution in [3.63, 3.8) is 0 Å². The van der Waals surface area contributed by atoms with Crippen LogP contribution in [0.3, 0.4) is 0 Å². The summed E-state index contributed by atoms with van der Waals surface area (Å²) in [6.07, 6.45) is 3.67. The molecule has 0 aliphatic heterocycles. The molecule has 1 unspecified atom stereocenters. The minimum Gasteiger partial charge on any atom is -0.467 e. The topological polar surface area (TPSA) is 22.4 Å². The Hall–Kier alpha value is -1.54. The summed E-state index contributed by atoms with van der Waals surface area (Å²) in [5.74, 6) is 0.901. The molecule has 1 aromatic heterocycles. The first-order valence-electron chi connectivity index (χ1n) is 5.50. The Morgan fingerprint density at radius 2 is 1.94 bits per heavy atom. The molecule has 0 saturated heterocycles. The van der Waals surface area contributed by atoms with Gasteiger partial charge in [0.25, 0.3) is 0 Å². The average molecular weight is 216 g/mol. The van der Waals surface area contributed by atoms with Gasteiger partial charge in [-0.25, -0.2) is 0 Å². The van der Waals surface area contributed by atoms with Gasteiger partial charge >= 0.3 is 0 Å². The zero-order valence-corrected chi connectivity index (χ0v) is 9.43. The minimum atomic E-state index is 0.0511. The molecule has 1 heterocycles. The number of methoxy groups -OCH3 is 1. The lowest BCUT2D eigenvalue weighted by Crippen LogP contribution is -2.01. The van der Waals surface area contributed by atoms with E-state index in [1.807, 2.05) is 18.2 Å². The predicted molar refractivity (Wildman–Crippen MR) is 63.2 cm³/mol. The molecule has 1 aromatic carbocycles. The van der Waals surface area contributed by atoms with Crippen LogP contribution in [-0.2, 0) is 11.2 Å². The number of rotatable bonds is 5. The summed E-state index contributed by atoms with van der Waals surface area (Å²) in [6, 6.07) is 14.3. The third-order valence-corrected chi connectivity index (χ3v) is 2.68. The average Bonchev–Trinajstić information content (AvgIpc) is 2.85. The number of benzene rings is 1. The lowest BCUT2D eigenvalue weighted by atomic mass is 10.1. The Labute approximate surface area is 95.9 Å². The maximum absolute atomic E-state index is 5.42. The lowest BCUT2D eigenvalue weighted by Gasteiger charge is -2.12. The highest BCUT2D eigenvalue weighted by Gasteiger charge is 2.12. The third-order valence-electron chi connectivity index (χ3n) is 2.68. The summed E-state index contributed by atoms with van der Waals surface area (Å²) in [4.78, 5) is 0. The second-order valence-electron chi connectivity index (χ2n) is 3.76. The molecule has 0 amide bonds. The summed E-state index contributed by atoms with van der Waals surface area (Å²) in [5, 5.41) is 0. The smallest absolute Gasteiger partial charge is 0.132 e. The second kappa shape index (κ2) is 5.52. The number of hydrogen-bond donors (Lipinski definition) is 0. The van der Waals surface area contributed by atoms with Gasteiger partial charge in [-0.2, -0.15) is 0 Å². The Kier molecular flexibility index (Phi) is 3.78. The van der Waals surface area contributed by atoms with Crippen LogP contribution in [0.25, 0.3) is 0 Å². The molecule has 84 valence electrons. The van der Waals surface area contributed by atoms with Crippen LogP contribution < -0.4 is 0 Å². The number of furan rings is 1. The Morgan fingerprint density at radius 3 is 2.56 bits per heavy atom. The van der Waals surface area contributed by atoms with Crippen LogP contribution in [0.4, 0.5) is 0 Å². The van der Waals surface area contributed by atoms with E-state index in [2.05, 4.69) is 24.3 Å². The van der Waals surface area contributed by atoms with E-state index in [-0.39, 0.29) is 6.10 Å². The maximum atomic E-state index is 5.42. The fourth-order valence-corrected chi connectivity index (χ4v) is 1.79. The van der Waals surface area contributed by atoms with Crippen LogP contribution in [0.2, 0.25) is 0 Å². The van der Waals surface area contributed by atoms with E-state index in [9.17, 15) is 0 Å². The fourth-order valence-electron chi connectivity index (χ4n) is 1.79. The van der Waals surface area contributed by atoms with Gasteiger partial charge in [-0.3, -0.25) is 0 Å². The SMILES string of the molecule is COC(CCc1ccccc1)c1ccco1. The molecular weight excluding hydrogens is 200 g/mol. The molecule has 2 rings (SSSR count). The molecular formula is C14H16O2. The Bertz CT molecular complexity index is 392. The van der Waals surface area contributed by atoms with Crippen molar-refractivity contribution in [2.24, 2.45) is 0 Å². The Morgan fingerprint density at radius 1 is 1.12 bits per heavy atom. The number of hydrogen-bond acceptors (Lipinski definition) is 2. The molecule has 0 aliphatic rings. The standard InChI is InChI=1S/C14H16O2/c1-15-13(14-8-5-11-16-14)10-9-12-6-3-2-4-7-12/h2-8,11,13H,9-10H2,1H3. The van der Waals surface area contributed by atoms with Crippen LogP contribution in [-0.4, -0.2) is 7.11 Å². The summed E-state index contributed by atoms with van der Waals surface area (Å²) < 4.78 is 10.8. The molecule has 0 fully saturated rings. The quantitative estimate of drug-likeness (QED) is 0.762. The van der Waals surface area contributed by atoms with E-state index in [0.29, 0.717) is 0 Å². The first-order chi connectivity index (χ1) is 7.90. The predicted octanol–water partition coefficient (Wildman–Crippen LogP) is 3.60. The minimum absolute atomic E-state index is 0.0511. The van der Waals surface area contributed by atoms with Crippen LogP contribution in [0.15, 0.2) is 53.1 Å². The maximum Gasteiger partial charge on any atom is 0.132 e. The molecule has 2 nitrogen and oxygen atoms in total. The largest absolute Gasteiger partial charge is 0.467 e. The molecule has 16 heavy (non-hydrogen) atoms. The van der Waals surface area contributed by atoms with Gasteiger partial charge in [-0.1, -0.05) is 30.3 Å². The van der Waals surface area contributed by atoms with Crippen molar-refractivity contribution in [2.45, 2.75) is 18.9 Å². The van der Waals surface area contributed by atoms with E-state index < -0.39 is 0 Å². The summed E-state index contributed by atoms with van der Waals surface area (Å²) in [7, 11) is 1.72. The van der Waals surface area contributed by atoms with Crippen molar-refractivity contribution in [3.05, 3.63) is 60.1 Å². The summed E-state index contributed by atoms with van der Waals surface area (Å²) in [5.41, 5.74) is 1.33. The van der Waals surface area contributed by atoms with E-state index >= 15 is 0 Å². The number of ether oxygens (including phenoxy) is 1. The Balaban J connectivity index is 1.94. The van der Waals surface area contributed by atoms with Gasteiger partial charge in [0.1, 0.15) is 11.9 Å². The summed E-state index contributed by atoms with van der Waals surface area (Å²) >= 11 is 0. The fraction of sp³-hybridized carbons (Fsp3) is 0.286. The van der Waals surface area contributed by atoms with Gasteiger partial charge < -0.3 is 9.15 Å². The molecule has 0 N–H and O–H groups in total. The van der Waals surface area contributed by atoms with E-state index in [1.54, 1.807) is 13.4 Å². The van der Waals surface area contributed by atoms with Crippen molar-refractivity contribution in [1.29, 1.82) is 0 Å². The molecule has 2 aromatic rings. The van der Waals surface area contributed by atoms with Crippen LogP contribution >= 0.6 is 0 Å². The molecule has 2 heteroatoms. The molecule has 0 aliphatic carbocycles. The summed E-state index contributed by atoms with van der Waals surface area (Å²) in [6.45, 7) is 0. The van der Waals surface area contributed by atoms with Crippen molar-refractivity contribution in [3.8, 4) is 0 Å². The highest BCUT2D eigenvalue weighted by Crippen LogP contribution is 2.22. The van der Waals surface area contributed by atoms with Gasteiger partial charge in [0, 0.05) is 7.11 Å².